The number of aliphatic hydroxyl groups excluding tert-OH is 1. The second kappa shape index (κ2) is 7.97. The maximum absolute atomic E-state index is 14.9. The summed E-state index contributed by atoms with van der Waals surface area (Å²) in [6, 6.07) is 4.76. The first kappa shape index (κ1) is 20.8. The highest BCUT2D eigenvalue weighted by molar-refractivity contribution is 5.94. The summed E-state index contributed by atoms with van der Waals surface area (Å²) in [6.45, 7) is 1.85. The number of pyridine rings is 1. The number of aromatic nitrogens is 1. The van der Waals surface area contributed by atoms with Gasteiger partial charge in [0.1, 0.15) is 17.2 Å². The Hall–Kier alpha value is -3.50. The molecule has 1 aliphatic heterocycles. The highest BCUT2D eigenvalue weighted by Crippen LogP contribution is 2.30. The molecule has 0 amide bonds. The predicted octanol–water partition coefficient (Wildman–Crippen LogP) is 1.45. The molecule has 8 nitrogen and oxygen atoms in total. The number of carbonyl (C=O) groups is 1. The number of aliphatic hydroxyl groups is 1. The average molecular weight is 430 g/mol. The lowest BCUT2D eigenvalue weighted by Gasteiger charge is -2.30. The van der Waals surface area contributed by atoms with E-state index in [1.54, 1.807) is 0 Å². The summed E-state index contributed by atoms with van der Waals surface area (Å²) in [7, 11) is 0. The molecule has 3 aromatic rings. The molecule has 1 saturated heterocycles. The van der Waals surface area contributed by atoms with Crippen molar-refractivity contribution in [1.82, 2.24) is 9.88 Å². The lowest BCUT2D eigenvalue weighted by atomic mass is 10.1. The topological polar surface area (TPSA) is 121 Å². The second-order valence-electron chi connectivity index (χ2n) is 7.27. The quantitative estimate of drug-likeness (QED) is 0.463. The van der Waals surface area contributed by atoms with E-state index in [0.717, 1.165) is 18.3 Å². The SMILES string of the molecule is Nc1cc(-n2cc(C(=O)O)c(=O)c3cc(F)c(N4CCNCC4)cc32)c(CO)cc1F. The molecule has 31 heavy (non-hydrogen) atoms. The van der Waals surface area contributed by atoms with Crippen LogP contribution in [0.25, 0.3) is 16.6 Å². The number of benzene rings is 2. The maximum atomic E-state index is 14.9. The number of nitrogens with zero attached hydrogens (tertiary/aromatic N) is 2. The van der Waals surface area contributed by atoms with Crippen molar-refractivity contribution in [3.63, 3.8) is 0 Å². The van der Waals surface area contributed by atoms with Crippen molar-refractivity contribution in [2.24, 2.45) is 0 Å². The molecule has 0 aliphatic carbocycles. The minimum absolute atomic E-state index is 0.126. The van der Waals surface area contributed by atoms with Crippen molar-refractivity contribution in [1.29, 1.82) is 0 Å². The number of halogens is 2. The average Bonchev–Trinajstić information content (AvgIpc) is 2.76. The van der Waals surface area contributed by atoms with Crippen LogP contribution in [0.3, 0.4) is 0 Å². The zero-order valence-electron chi connectivity index (χ0n) is 16.4. The summed E-state index contributed by atoms with van der Waals surface area (Å²) in [4.78, 5) is 26.2. The summed E-state index contributed by atoms with van der Waals surface area (Å²) in [6.07, 6.45) is 1.08. The molecule has 1 fully saturated rings. The largest absolute Gasteiger partial charge is 0.477 e. The third-order valence-corrected chi connectivity index (χ3v) is 5.39. The molecule has 162 valence electrons. The first-order valence-electron chi connectivity index (χ1n) is 9.58. The molecule has 0 unspecified atom stereocenters. The lowest BCUT2D eigenvalue weighted by molar-refractivity contribution is 0.0695. The van der Waals surface area contributed by atoms with Gasteiger partial charge in [0, 0.05) is 43.3 Å². The molecule has 1 aliphatic rings. The summed E-state index contributed by atoms with van der Waals surface area (Å²) in [5, 5.41) is 22.2. The van der Waals surface area contributed by atoms with Crippen molar-refractivity contribution in [3.05, 3.63) is 63.4 Å². The van der Waals surface area contributed by atoms with Gasteiger partial charge in [-0.3, -0.25) is 4.79 Å². The van der Waals surface area contributed by atoms with E-state index in [1.807, 2.05) is 4.90 Å². The van der Waals surface area contributed by atoms with Gasteiger partial charge in [-0.2, -0.15) is 0 Å². The van der Waals surface area contributed by atoms with E-state index in [-0.39, 0.29) is 33.5 Å². The van der Waals surface area contributed by atoms with Gasteiger partial charge in [0.2, 0.25) is 5.43 Å². The molecule has 4 rings (SSSR count). The van der Waals surface area contributed by atoms with Crippen LogP contribution in [0.4, 0.5) is 20.2 Å². The minimum Gasteiger partial charge on any atom is -0.477 e. The van der Waals surface area contributed by atoms with Gasteiger partial charge in [0.25, 0.3) is 0 Å². The number of carboxylic acid groups (broad SMARTS) is 1. The number of aromatic carboxylic acids is 1. The van der Waals surface area contributed by atoms with E-state index in [9.17, 15) is 28.6 Å². The van der Waals surface area contributed by atoms with E-state index in [4.69, 9.17) is 5.73 Å². The number of nitrogen functional groups attached to an aromatic ring is 1. The number of anilines is 2. The Kier molecular flexibility index (Phi) is 5.34. The van der Waals surface area contributed by atoms with Crippen molar-refractivity contribution < 1.29 is 23.8 Å². The van der Waals surface area contributed by atoms with Crippen molar-refractivity contribution in [2.45, 2.75) is 6.61 Å². The van der Waals surface area contributed by atoms with E-state index < -0.39 is 35.2 Å². The highest BCUT2D eigenvalue weighted by Gasteiger charge is 2.22. The summed E-state index contributed by atoms with van der Waals surface area (Å²) in [5.74, 6) is -2.89. The van der Waals surface area contributed by atoms with Crippen LogP contribution in [-0.2, 0) is 6.61 Å². The molecule has 5 N–H and O–H groups in total. The number of nitrogens with two attached hydrogens (primary N) is 1. The maximum Gasteiger partial charge on any atom is 0.341 e. The van der Waals surface area contributed by atoms with Crippen molar-refractivity contribution in [3.8, 4) is 5.69 Å². The standard InChI is InChI=1S/C21H20F2N4O4/c22-14-5-11(10-28)17(7-16(14)24)27-9-13(21(30)31)20(29)12-6-15(23)19(8-18(12)27)26-3-1-25-2-4-26/h5-9,25,28H,1-4,10,24H2,(H,30,31). The fraction of sp³-hybridized carbons (Fsp3) is 0.238. The number of rotatable bonds is 4. The van der Waals surface area contributed by atoms with Crippen LogP contribution in [0.1, 0.15) is 15.9 Å². The molecule has 10 heteroatoms. The molecular weight excluding hydrogens is 410 g/mol. The fourth-order valence-electron chi connectivity index (χ4n) is 3.80. The molecule has 0 spiro atoms. The van der Waals surface area contributed by atoms with Gasteiger partial charge in [0.05, 0.1) is 29.2 Å². The van der Waals surface area contributed by atoms with E-state index in [1.165, 1.54) is 16.7 Å². The van der Waals surface area contributed by atoms with Gasteiger partial charge in [-0.1, -0.05) is 0 Å². The monoisotopic (exact) mass is 430 g/mol. The van der Waals surface area contributed by atoms with E-state index >= 15 is 0 Å². The Morgan fingerprint density at radius 1 is 1.10 bits per heavy atom. The predicted molar refractivity (Wildman–Crippen MR) is 112 cm³/mol. The Morgan fingerprint density at radius 3 is 2.45 bits per heavy atom. The smallest absolute Gasteiger partial charge is 0.341 e. The van der Waals surface area contributed by atoms with E-state index in [2.05, 4.69) is 5.32 Å². The zero-order chi connectivity index (χ0) is 22.3. The van der Waals surface area contributed by atoms with E-state index in [0.29, 0.717) is 26.2 Å². The molecule has 0 bridgehead atoms. The van der Waals surface area contributed by atoms with Crippen LogP contribution in [0.15, 0.2) is 35.3 Å². The third kappa shape index (κ3) is 3.60. The van der Waals surface area contributed by atoms with Crippen molar-refractivity contribution >= 4 is 28.2 Å². The summed E-state index contributed by atoms with van der Waals surface area (Å²) < 4.78 is 30.2. The number of hydrogen-bond donors (Lipinski definition) is 4. The Morgan fingerprint density at radius 2 is 1.81 bits per heavy atom. The van der Waals surface area contributed by atoms with Crippen LogP contribution < -0.4 is 21.4 Å². The number of carboxylic acids is 1. The first-order valence-corrected chi connectivity index (χ1v) is 9.58. The Balaban J connectivity index is 2.08. The highest BCUT2D eigenvalue weighted by atomic mass is 19.1. The normalized spacial score (nSPS) is 14.2. The van der Waals surface area contributed by atoms with Crippen LogP contribution in [0, 0.1) is 11.6 Å². The van der Waals surface area contributed by atoms with Gasteiger partial charge in [-0.25, -0.2) is 13.6 Å². The number of nitrogens with one attached hydrogen (secondary N) is 1. The van der Waals surface area contributed by atoms with Gasteiger partial charge in [-0.15, -0.1) is 0 Å². The van der Waals surface area contributed by atoms with Gasteiger partial charge in [0.15, 0.2) is 0 Å². The van der Waals surface area contributed by atoms with Crippen LogP contribution >= 0.6 is 0 Å². The van der Waals surface area contributed by atoms with Crippen LogP contribution in [0.5, 0.6) is 0 Å². The van der Waals surface area contributed by atoms with Gasteiger partial charge < -0.3 is 30.7 Å². The number of hydrogen-bond acceptors (Lipinski definition) is 6. The second-order valence-corrected chi connectivity index (χ2v) is 7.27. The molecule has 0 radical (unpaired) electrons. The summed E-state index contributed by atoms with van der Waals surface area (Å²) >= 11 is 0. The van der Waals surface area contributed by atoms with Gasteiger partial charge >= 0.3 is 5.97 Å². The van der Waals surface area contributed by atoms with Crippen molar-refractivity contribution in [2.75, 3.05) is 36.8 Å². The Labute approximate surface area is 175 Å². The molecular formula is C21H20F2N4O4. The fourth-order valence-corrected chi connectivity index (χ4v) is 3.80. The lowest BCUT2D eigenvalue weighted by Crippen LogP contribution is -2.43. The number of fused-ring (bicyclic) bond motifs is 1. The molecule has 1 aromatic heterocycles. The van der Waals surface area contributed by atoms with Gasteiger partial charge in [-0.05, 0) is 24.3 Å². The molecule has 0 saturated carbocycles. The number of piperazine rings is 1. The van der Waals surface area contributed by atoms with Crippen LogP contribution in [-0.4, -0.2) is 46.9 Å². The first-order chi connectivity index (χ1) is 14.8. The summed E-state index contributed by atoms with van der Waals surface area (Å²) in [5.41, 5.74) is 4.83. The van der Waals surface area contributed by atoms with Crippen LogP contribution in [0.2, 0.25) is 0 Å². The minimum atomic E-state index is -1.49. The molecule has 0 atom stereocenters. The third-order valence-electron chi connectivity index (χ3n) is 5.39. The zero-order valence-corrected chi connectivity index (χ0v) is 16.4. The molecule has 2 heterocycles. The molecule has 2 aromatic carbocycles. The Bertz CT molecular complexity index is 1250.